The molecule has 20 heavy (non-hydrogen) atoms. The predicted octanol–water partition coefficient (Wildman–Crippen LogP) is 4.97. The Bertz CT molecular complexity index is 794. The zero-order valence-electron chi connectivity index (χ0n) is 10.4. The van der Waals surface area contributed by atoms with E-state index >= 15 is 0 Å². The molecule has 3 heteroatoms. The van der Waals surface area contributed by atoms with E-state index in [-0.39, 0.29) is 11.6 Å². The van der Waals surface area contributed by atoms with Crippen LogP contribution in [0.1, 0.15) is 15.9 Å². The van der Waals surface area contributed by atoms with Crippen LogP contribution in [0, 0.1) is 5.82 Å². The number of carbonyl (C=O) groups is 1. The van der Waals surface area contributed by atoms with Crippen molar-refractivity contribution in [3.05, 3.63) is 82.1 Å². The van der Waals surface area contributed by atoms with Crippen molar-refractivity contribution in [3.63, 3.8) is 0 Å². The standard InChI is InChI=1S/C17H10BrFO/c18-15-6-3-12-9-14(2-1-13(12)10-15)17(20)11-4-7-16(19)8-5-11/h1-10H. The van der Waals surface area contributed by atoms with Gasteiger partial charge in [0.25, 0.3) is 0 Å². The second-order valence-corrected chi connectivity index (χ2v) is 5.46. The largest absolute Gasteiger partial charge is 0.289 e. The lowest BCUT2D eigenvalue weighted by atomic mass is 10.00. The molecule has 3 rings (SSSR count). The lowest BCUT2D eigenvalue weighted by Crippen LogP contribution is -2.01. The van der Waals surface area contributed by atoms with E-state index in [0.29, 0.717) is 11.1 Å². The highest BCUT2D eigenvalue weighted by Gasteiger charge is 2.09. The first-order valence-corrected chi connectivity index (χ1v) is 6.92. The first-order valence-electron chi connectivity index (χ1n) is 6.13. The number of hydrogen-bond donors (Lipinski definition) is 0. The molecule has 0 N–H and O–H groups in total. The van der Waals surface area contributed by atoms with Crippen LogP contribution in [0.4, 0.5) is 4.39 Å². The van der Waals surface area contributed by atoms with E-state index in [4.69, 9.17) is 0 Å². The molecule has 0 spiro atoms. The molecule has 0 bridgehead atoms. The van der Waals surface area contributed by atoms with E-state index in [1.807, 2.05) is 30.3 Å². The average Bonchev–Trinajstić information content (AvgIpc) is 2.47. The topological polar surface area (TPSA) is 17.1 Å². The summed E-state index contributed by atoms with van der Waals surface area (Å²) in [4.78, 5) is 12.3. The van der Waals surface area contributed by atoms with Crippen LogP contribution < -0.4 is 0 Å². The summed E-state index contributed by atoms with van der Waals surface area (Å²) in [6.45, 7) is 0. The van der Waals surface area contributed by atoms with Crippen LogP contribution in [0.5, 0.6) is 0 Å². The van der Waals surface area contributed by atoms with Gasteiger partial charge in [-0.2, -0.15) is 0 Å². The molecule has 1 nitrogen and oxygen atoms in total. The quantitative estimate of drug-likeness (QED) is 0.607. The zero-order valence-corrected chi connectivity index (χ0v) is 12.0. The smallest absolute Gasteiger partial charge is 0.193 e. The third-order valence-corrected chi connectivity index (χ3v) is 3.66. The number of benzene rings is 3. The molecule has 0 amide bonds. The van der Waals surface area contributed by atoms with Crippen LogP contribution in [-0.2, 0) is 0 Å². The highest BCUT2D eigenvalue weighted by Crippen LogP contribution is 2.22. The second-order valence-electron chi connectivity index (χ2n) is 4.54. The van der Waals surface area contributed by atoms with Gasteiger partial charge in [0.15, 0.2) is 5.78 Å². The van der Waals surface area contributed by atoms with Gasteiger partial charge in [-0.05, 0) is 53.2 Å². The molecular formula is C17H10BrFO. The molecule has 0 unspecified atom stereocenters. The van der Waals surface area contributed by atoms with Gasteiger partial charge in [0.1, 0.15) is 5.82 Å². The molecule has 0 radical (unpaired) electrons. The zero-order chi connectivity index (χ0) is 14.1. The second kappa shape index (κ2) is 5.17. The summed E-state index contributed by atoms with van der Waals surface area (Å²) in [5, 5.41) is 2.07. The van der Waals surface area contributed by atoms with Gasteiger partial charge in [-0.1, -0.05) is 34.1 Å². The van der Waals surface area contributed by atoms with Gasteiger partial charge in [-0.15, -0.1) is 0 Å². The van der Waals surface area contributed by atoms with Crippen LogP contribution in [0.2, 0.25) is 0 Å². The van der Waals surface area contributed by atoms with Crippen LogP contribution >= 0.6 is 15.9 Å². The maximum Gasteiger partial charge on any atom is 0.193 e. The number of ketones is 1. The Labute approximate surface area is 124 Å². The molecular weight excluding hydrogens is 319 g/mol. The van der Waals surface area contributed by atoms with E-state index in [0.717, 1.165) is 15.2 Å². The fraction of sp³-hybridized carbons (Fsp3) is 0. The first kappa shape index (κ1) is 13.0. The summed E-state index contributed by atoms with van der Waals surface area (Å²) >= 11 is 3.42. The monoisotopic (exact) mass is 328 g/mol. The first-order chi connectivity index (χ1) is 9.63. The van der Waals surface area contributed by atoms with Crippen molar-refractivity contribution >= 4 is 32.5 Å². The van der Waals surface area contributed by atoms with Gasteiger partial charge >= 0.3 is 0 Å². The fourth-order valence-electron chi connectivity index (χ4n) is 2.13. The molecule has 0 fully saturated rings. The fourth-order valence-corrected chi connectivity index (χ4v) is 2.50. The summed E-state index contributed by atoms with van der Waals surface area (Å²) in [7, 11) is 0. The summed E-state index contributed by atoms with van der Waals surface area (Å²) in [5.41, 5.74) is 1.09. The minimum atomic E-state index is -0.343. The molecule has 3 aromatic carbocycles. The Morgan fingerprint density at radius 3 is 2.15 bits per heavy atom. The molecule has 0 aromatic heterocycles. The summed E-state index contributed by atoms with van der Waals surface area (Å²) in [6, 6.07) is 17.1. The van der Waals surface area contributed by atoms with Gasteiger partial charge in [0.2, 0.25) is 0 Å². The van der Waals surface area contributed by atoms with E-state index in [9.17, 15) is 9.18 Å². The molecule has 0 atom stereocenters. The third-order valence-electron chi connectivity index (χ3n) is 3.17. The lowest BCUT2D eigenvalue weighted by molar-refractivity contribution is 0.103. The maximum absolute atomic E-state index is 12.9. The average molecular weight is 329 g/mol. The van der Waals surface area contributed by atoms with Gasteiger partial charge in [-0.3, -0.25) is 4.79 Å². The Kier molecular flexibility index (Phi) is 3.36. The molecule has 0 aliphatic heterocycles. The summed E-state index contributed by atoms with van der Waals surface area (Å²) in [6.07, 6.45) is 0. The van der Waals surface area contributed by atoms with Crippen molar-refractivity contribution in [3.8, 4) is 0 Å². The molecule has 98 valence electrons. The highest BCUT2D eigenvalue weighted by molar-refractivity contribution is 9.10. The van der Waals surface area contributed by atoms with Crippen LogP contribution in [0.15, 0.2) is 65.1 Å². The Morgan fingerprint density at radius 2 is 1.40 bits per heavy atom. The van der Waals surface area contributed by atoms with E-state index in [1.54, 1.807) is 6.07 Å². The van der Waals surface area contributed by atoms with Crippen molar-refractivity contribution in [1.29, 1.82) is 0 Å². The van der Waals surface area contributed by atoms with Crippen molar-refractivity contribution in [2.24, 2.45) is 0 Å². The van der Waals surface area contributed by atoms with Crippen LogP contribution in [-0.4, -0.2) is 5.78 Å². The van der Waals surface area contributed by atoms with E-state index in [2.05, 4.69) is 15.9 Å². The molecule has 3 aromatic rings. The summed E-state index contributed by atoms with van der Waals surface area (Å²) < 4.78 is 13.9. The molecule has 0 saturated heterocycles. The SMILES string of the molecule is O=C(c1ccc(F)cc1)c1ccc2cc(Br)ccc2c1. The number of rotatable bonds is 2. The van der Waals surface area contributed by atoms with Crippen LogP contribution in [0.3, 0.4) is 0 Å². The number of hydrogen-bond acceptors (Lipinski definition) is 1. The highest BCUT2D eigenvalue weighted by atomic mass is 79.9. The number of fused-ring (bicyclic) bond motifs is 1. The Balaban J connectivity index is 2.03. The predicted molar refractivity (Wildman–Crippen MR) is 81.5 cm³/mol. The minimum absolute atomic E-state index is 0.102. The van der Waals surface area contributed by atoms with E-state index in [1.165, 1.54) is 24.3 Å². The van der Waals surface area contributed by atoms with Crippen molar-refractivity contribution < 1.29 is 9.18 Å². The molecule has 0 heterocycles. The van der Waals surface area contributed by atoms with Crippen molar-refractivity contribution in [2.45, 2.75) is 0 Å². The van der Waals surface area contributed by atoms with Gasteiger partial charge < -0.3 is 0 Å². The minimum Gasteiger partial charge on any atom is -0.289 e. The van der Waals surface area contributed by atoms with Gasteiger partial charge in [0.05, 0.1) is 0 Å². The molecule has 0 saturated carbocycles. The normalized spacial score (nSPS) is 10.7. The van der Waals surface area contributed by atoms with Crippen LogP contribution in [0.25, 0.3) is 10.8 Å². The van der Waals surface area contributed by atoms with Gasteiger partial charge in [-0.25, -0.2) is 4.39 Å². The van der Waals surface area contributed by atoms with E-state index < -0.39 is 0 Å². The van der Waals surface area contributed by atoms with Crippen molar-refractivity contribution in [1.82, 2.24) is 0 Å². The summed E-state index contributed by atoms with van der Waals surface area (Å²) in [5.74, 6) is -0.445. The molecule has 0 aliphatic rings. The lowest BCUT2D eigenvalue weighted by Gasteiger charge is -2.04. The van der Waals surface area contributed by atoms with Gasteiger partial charge in [0, 0.05) is 15.6 Å². The van der Waals surface area contributed by atoms with Crippen molar-refractivity contribution in [2.75, 3.05) is 0 Å². The Hall–Kier alpha value is -2.00. The molecule has 0 aliphatic carbocycles. The number of halogens is 2. The number of carbonyl (C=O) groups excluding carboxylic acids is 1. The maximum atomic E-state index is 12.9. The third kappa shape index (κ3) is 2.49. The Morgan fingerprint density at radius 1 is 0.800 bits per heavy atom.